The standard InChI is InChI=1S/C55H35N7/c1-5-17-36(18-6-1)45-35-46(37-19-7-2-8-20-37)57-54(56-45)62-48-28-16-14-26-43(48)52-53(62)58-55-60(41-23-11-4-12-24-41)50-32-30-39(34-51(50)61(52)55)38-29-31-49-44(33-38)42-25-13-15-27-47(42)59(49)40-21-9-3-10-22-40/h1-35H. The summed E-state index contributed by atoms with van der Waals surface area (Å²) in [4.78, 5) is 16.1. The van der Waals surface area contributed by atoms with Gasteiger partial charge in [0, 0.05) is 38.7 Å². The van der Waals surface area contributed by atoms with Gasteiger partial charge in [0.2, 0.25) is 11.7 Å². The van der Waals surface area contributed by atoms with Crippen molar-refractivity contribution < 1.29 is 0 Å². The van der Waals surface area contributed by atoms with E-state index in [1.54, 1.807) is 0 Å². The molecule has 0 bridgehead atoms. The number of hydrogen-bond acceptors (Lipinski definition) is 3. The maximum Gasteiger partial charge on any atom is 0.237 e. The van der Waals surface area contributed by atoms with Crippen molar-refractivity contribution in [2.75, 3.05) is 0 Å². The first-order valence-corrected chi connectivity index (χ1v) is 20.9. The van der Waals surface area contributed by atoms with Crippen LogP contribution in [0.1, 0.15) is 0 Å². The highest BCUT2D eigenvalue weighted by Crippen LogP contribution is 2.40. The summed E-state index contributed by atoms with van der Waals surface area (Å²) in [6.07, 6.45) is 0. The smallest absolute Gasteiger partial charge is 0.237 e. The second kappa shape index (κ2) is 13.5. The monoisotopic (exact) mass is 793 g/mol. The molecule has 0 saturated heterocycles. The number of fused-ring (bicyclic) bond motifs is 10. The summed E-state index contributed by atoms with van der Waals surface area (Å²) in [5, 5.41) is 3.51. The lowest BCUT2D eigenvalue weighted by atomic mass is 10.0. The summed E-state index contributed by atoms with van der Waals surface area (Å²) in [5.74, 6) is 1.38. The van der Waals surface area contributed by atoms with Crippen molar-refractivity contribution >= 4 is 60.7 Å². The minimum absolute atomic E-state index is 0.566. The second-order valence-electron chi connectivity index (χ2n) is 15.7. The number of imidazole rings is 2. The van der Waals surface area contributed by atoms with E-state index in [2.05, 4.69) is 194 Å². The van der Waals surface area contributed by atoms with Gasteiger partial charge in [0.15, 0.2) is 5.65 Å². The van der Waals surface area contributed by atoms with Crippen LogP contribution in [0.4, 0.5) is 0 Å². The molecule has 5 aromatic heterocycles. The molecule has 7 heteroatoms. The van der Waals surface area contributed by atoms with Gasteiger partial charge in [-0.1, -0.05) is 146 Å². The van der Waals surface area contributed by atoms with Crippen molar-refractivity contribution in [2.45, 2.75) is 0 Å². The summed E-state index contributed by atoms with van der Waals surface area (Å²) in [6, 6.07) is 74.7. The van der Waals surface area contributed by atoms with E-state index in [1.807, 2.05) is 36.4 Å². The molecular formula is C55H35N7. The van der Waals surface area contributed by atoms with Crippen molar-refractivity contribution in [2.24, 2.45) is 0 Å². The molecule has 0 aliphatic carbocycles. The van der Waals surface area contributed by atoms with E-state index >= 15 is 0 Å². The Balaban J connectivity index is 1.08. The van der Waals surface area contributed by atoms with E-state index in [0.29, 0.717) is 5.95 Å². The molecular weight excluding hydrogens is 759 g/mol. The molecule has 8 aromatic carbocycles. The quantitative estimate of drug-likeness (QED) is 0.168. The molecule has 290 valence electrons. The van der Waals surface area contributed by atoms with Gasteiger partial charge in [0.1, 0.15) is 5.52 Å². The first kappa shape index (κ1) is 34.3. The van der Waals surface area contributed by atoms with Crippen LogP contribution in [0.15, 0.2) is 212 Å². The third-order valence-corrected chi connectivity index (χ3v) is 12.2. The number of rotatable bonds is 6. The van der Waals surface area contributed by atoms with Gasteiger partial charge in [-0.15, -0.1) is 0 Å². The molecule has 0 unspecified atom stereocenters. The summed E-state index contributed by atoms with van der Waals surface area (Å²) >= 11 is 0. The summed E-state index contributed by atoms with van der Waals surface area (Å²) in [6.45, 7) is 0. The Morgan fingerprint density at radius 2 is 0.806 bits per heavy atom. The van der Waals surface area contributed by atoms with Crippen molar-refractivity contribution in [1.29, 1.82) is 0 Å². The molecule has 0 spiro atoms. The summed E-state index contributed by atoms with van der Waals surface area (Å²) in [5.41, 5.74) is 15.5. The molecule has 0 aliphatic rings. The first-order valence-electron chi connectivity index (χ1n) is 20.9. The van der Waals surface area contributed by atoms with Gasteiger partial charge >= 0.3 is 0 Å². The Kier molecular flexibility index (Phi) is 7.47. The highest BCUT2D eigenvalue weighted by atomic mass is 15.3. The zero-order valence-corrected chi connectivity index (χ0v) is 33.3. The van der Waals surface area contributed by atoms with Crippen LogP contribution in [0.3, 0.4) is 0 Å². The van der Waals surface area contributed by atoms with Gasteiger partial charge in [-0.3, -0.25) is 13.5 Å². The van der Waals surface area contributed by atoms with Crippen LogP contribution in [0.5, 0.6) is 0 Å². The lowest BCUT2D eigenvalue weighted by Crippen LogP contribution is -2.04. The van der Waals surface area contributed by atoms with Gasteiger partial charge in [-0.05, 0) is 77.9 Å². The third kappa shape index (κ3) is 5.15. The van der Waals surface area contributed by atoms with Crippen LogP contribution in [-0.4, -0.2) is 33.1 Å². The van der Waals surface area contributed by atoms with Crippen molar-refractivity contribution in [3.05, 3.63) is 212 Å². The summed E-state index contributed by atoms with van der Waals surface area (Å²) < 4.78 is 9.10. The van der Waals surface area contributed by atoms with Crippen LogP contribution in [-0.2, 0) is 0 Å². The van der Waals surface area contributed by atoms with E-state index in [1.165, 1.54) is 21.8 Å². The molecule has 0 amide bonds. The number of aromatic nitrogens is 7. The van der Waals surface area contributed by atoms with E-state index in [0.717, 1.165) is 83.9 Å². The number of benzene rings is 8. The number of para-hydroxylation sites is 4. The molecule has 5 heterocycles. The van der Waals surface area contributed by atoms with Gasteiger partial charge in [-0.2, -0.15) is 4.98 Å². The van der Waals surface area contributed by atoms with E-state index in [-0.39, 0.29) is 0 Å². The Morgan fingerprint density at radius 3 is 1.45 bits per heavy atom. The van der Waals surface area contributed by atoms with E-state index in [9.17, 15) is 0 Å². The molecule has 13 aromatic rings. The van der Waals surface area contributed by atoms with Gasteiger partial charge in [0.25, 0.3) is 0 Å². The maximum absolute atomic E-state index is 5.56. The predicted molar refractivity (Wildman–Crippen MR) is 253 cm³/mol. The molecule has 13 rings (SSSR count). The lowest BCUT2D eigenvalue weighted by molar-refractivity contribution is 0.983. The lowest BCUT2D eigenvalue weighted by Gasteiger charge is -2.11. The SMILES string of the molecule is c1ccc(-c2cc(-c3ccccc3)nc(-n3c4ccccc4c4c3nc3n(-c5ccccc5)c5ccc(-c6ccc7c(c6)c6ccccc6n7-c6ccccc6)cc5n43)n2)cc1. The fraction of sp³-hybridized carbons (Fsp3) is 0. The molecule has 0 aliphatic heterocycles. The molecule has 0 radical (unpaired) electrons. The van der Waals surface area contributed by atoms with Crippen LogP contribution in [0, 0.1) is 0 Å². The molecule has 0 atom stereocenters. The minimum atomic E-state index is 0.566. The van der Waals surface area contributed by atoms with Gasteiger partial charge in [0.05, 0.1) is 39.0 Å². The topological polar surface area (TPSA) is 57.9 Å². The van der Waals surface area contributed by atoms with Crippen LogP contribution < -0.4 is 0 Å². The number of nitrogens with zero attached hydrogens (tertiary/aromatic N) is 7. The highest BCUT2D eigenvalue weighted by Gasteiger charge is 2.26. The van der Waals surface area contributed by atoms with E-state index < -0.39 is 0 Å². The molecule has 0 saturated carbocycles. The first-order chi connectivity index (χ1) is 30.8. The average molecular weight is 794 g/mol. The largest absolute Gasteiger partial charge is 0.309 e. The van der Waals surface area contributed by atoms with Crippen LogP contribution in [0.25, 0.3) is 112 Å². The molecule has 7 nitrogen and oxygen atoms in total. The van der Waals surface area contributed by atoms with E-state index in [4.69, 9.17) is 15.0 Å². The Morgan fingerprint density at radius 1 is 0.306 bits per heavy atom. The van der Waals surface area contributed by atoms with Crippen molar-refractivity contribution in [3.8, 4) is 51.0 Å². The highest BCUT2D eigenvalue weighted by molar-refractivity contribution is 6.12. The Bertz CT molecular complexity index is 3780. The normalized spacial score (nSPS) is 11.9. The zero-order valence-electron chi connectivity index (χ0n) is 33.3. The van der Waals surface area contributed by atoms with Crippen molar-refractivity contribution in [1.82, 2.24) is 33.1 Å². The average Bonchev–Trinajstić information content (AvgIpc) is 4.07. The fourth-order valence-electron chi connectivity index (χ4n) is 9.42. The Labute approximate surface area is 355 Å². The van der Waals surface area contributed by atoms with Crippen molar-refractivity contribution in [3.63, 3.8) is 0 Å². The predicted octanol–water partition coefficient (Wildman–Crippen LogP) is 13.3. The molecule has 0 N–H and O–H groups in total. The number of hydrogen-bond donors (Lipinski definition) is 0. The molecule has 0 fully saturated rings. The maximum atomic E-state index is 5.56. The summed E-state index contributed by atoms with van der Waals surface area (Å²) in [7, 11) is 0. The molecule has 62 heavy (non-hydrogen) atoms. The van der Waals surface area contributed by atoms with Crippen LogP contribution in [0.2, 0.25) is 0 Å². The van der Waals surface area contributed by atoms with Gasteiger partial charge < -0.3 is 4.57 Å². The Hall–Kier alpha value is -8.55. The second-order valence-corrected chi connectivity index (χ2v) is 15.7. The van der Waals surface area contributed by atoms with Crippen LogP contribution >= 0.6 is 0 Å². The third-order valence-electron chi connectivity index (χ3n) is 12.2. The zero-order chi connectivity index (χ0) is 40.7. The minimum Gasteiger partial charge on any atom is -0.309 e. The van der Waals surface area contributed by atoms with Gasteiger partial charge in [-0.25, -0.2) is 9.97 Å². The fourth-order valence-corrected chi connectivity index (χ4v) is 9.42.